The molecule has 0 atom stereocenters. The van der Waals surface area contributed by atoms with E-state index < -0.39 is 0 Å². The Hall–Kier alpha value is -1.56. The fourth-order valence-electron chi connectivity index (χ4n) is 3.95. The monoisotopic (exact) mass is 232 g/mol. The summed E-state index contributed by atoms with van der Waals surface area (Å²) in [4.78, 5) is 0. The van der Waals surface area contributed by atoms with Crippen molar-refractivity contribution in [2.45, 2.75) is 38.5 Å². The quantitative estimate of drug-likeness (QED) is 0.436. The van der Waals surface area contributed by atoms with E-state index in [-0.39, 0.29) is 0 Å². The lowest BCUT2D eigenvalue weighted by Crippen LogP contribution is -2.07. The van der Waals surface area contributed by atoms with Gasteiger partial charge in [-0.05, 0) is 83.0 Å². The van der Waals surface area contributed by atoms with Crippen LogP contribution in [-0.4, -0.2) is 0 Å². The number of aryl methyl sites for hydroxylation is 2. The summed E-state index contributed by atoms with van der Waals surface area (Å²) < 4.78 is 0. The van der Waals surface area contributed by atoms with E-state index in [2.05, 4.69) is 24.3 Å². The van der Waals surface area contributed by atoms with Crippen LogP contribution in [-0.2, 0) is 38.5 Å². The molecule has 5 rings (SSSR count). The highest BCUT2D eigenvalue weighted by Crippen LogP contribution is 2.49. The fourth-order valence-corrected chi connectivity index (χ4v) is 3.95. The first kappa shape index (κ1) is 9.38. The van der Waals surface area contributed by atoms with Gasteiger partial charge >= 0.3 is 0 Å². The van der Waals surface area contributed by atoms with E-state index in [1.165, 1.54) is 38.5 Å². The molecule has 0 aromatic heterocycles. The van der Waals surface area contributed by atoms with Gasteiger partial charge in [-0.25, -0.2) is 0 Å². The largest absolute Gasteiger partial charge is 0.0620 e. The summed E-state index contributed by atoms with van der Waals surface area (Å²) in [5.74, 6) is 0. The van der Waals surface area contributed by atoms with Crippen LogP contribution in [0.25, 0.3) is 0 Å². The Kier molecular flexibility index (Phi) is 1.59. The van der Waals surface area contributed by atoms with Crippen molar-refractivity contribution < 1.29 is 0 Å². The number of benzene rings is 2. The highest BCUT2D eigenvalue weighted by molar-refractivity contribution is 5.70. The van der Waals surface area contributed by atoms with Gasteiger partial charge in [0.2, 0.25) is 0 Å². The van der Waals surface area contributed by atoms with Gasteiger partial charge in [0.25, 0.3) is 0 Å². The van der Waals surface area contributed by atoms with E-state index in [9.17, 15) is 0 Å². The summed E-state index contributed by atoms with van der Waals surface area (Å²) in [5, 5.41) is 0. The van der Waals surface area contributed by atoms with Gasteiger partial charge in [-0.3, -0.25) is 0 Å². The van der Waals surface area contributed by atoms with Gasteiger partial charge in [0, 0.05) is 0 Å². The van der Waals surface area contributed by atoms with Crippen molar-refractivity contribution in [3.05, 3.63) is 68.8 Å². The second kappa shape index (κ2) is 3.06. The molecule has 0 saturated carbocycles. The van der Waals surface area contributed by atoms with Crippen LogP contribution in [0.5, 0.6) is 0 Å². The molecular formula is C18H16. The first-order valence-corrected chi connectivity index (χ1v) is 7.16. The minimum absolute atomic E-state index is 1.24. The third kappa shape index (κ3) is 1.16. The van der Waals surface area contributed by atoms with Crippen LogP contribution in [0.2, 0.25) is 0 Å². The maximum Gasteiger partial charge on any atom is -0.00141 e. The molecule has 0 amide bonds. The van der Waals surface area contributed by atoms with Crippen LogP contribution < -0.4 is 0 Å². The van der Waals surface area contributed by atoms with Crippen LogP contribution in [0.1, 0.15) is 44.5 Å². The third-order valence-corrected chi connectivity index (χ3v) is 5.05. The van der Waals surface area contributed by atoms with Gasteiger partial charge in [0.15, 0.2) is 0 Å². The average Bonchev–Trinajstić information content (AvgIpc) is 3.22. The van der Waals surface area contributed by atoms with Crippen LogP contribution in [0.4, 0.5) is 0 Å². The molecule has 88 valence electrons. The lowest BCUT2D eigenvalue weighted by molar-refractivity contribution is 0.838. The molecule has 18 heavy (non-hydrogen) atoms. The molecule has 0 heterocycles. The molecule has 0 N–H and O–H groups in total. The topological polar surface area (TPSA) is 0 Å². The number of hydrogen-bond acceptors (Lipinski definition) is 0. The second-order valence-electron chi connectivity index (χ2n) is 5.99. The Morgan fingerprint density at radius 1 is 0.500 bits per heavy atom. The third-order valence-electron chi connectivity index (χ3n) is 5.05. The average molecular weight is 232 g/mol. The van der Waals surface area contributed by atoms with Gasteiger partial charge < -0.3 is 0 Å². The number of hydrogen-bond donors (Lipinski definition) is 0. The van der Waals surface area contributed by atoms with Crippen molar-refractivity contribution in [2.75, 3.05) is 0 Å². The lowest BCUT2D eigenvalue weighted by Gasteiger charge is -2.16. The Morgan fingerprint density at radius 2 is 0.944 bits per heavy atom. The molecule has 0 spiro atoms. The normalized spacial score (nSPS) is 17.8. The lowest BCUT2D eigenvalue weighted by atomic mass is 9.88. The molecule has 2 aromatic carbocycles. The molecule has 3 aliphatic rings. The van der Waals surface area contributed by atoms with Crippen molar-refractivity contribution in [3.8, 4) is 0 Å². The first-order valence-electron chi connectivity index (χ1n) is 7.16. The highest BCUT2D eigenvalue weighted by atomic mass is 14.4. The number of rotatable bonds is 0. The van der Waals surface area contributed by atoms with Gasteiger partial charge in [0.1, 0.15) is 0 Å². The predicted molar refractivity (Wildman–Crippen MR) is 73.3 cm³/mol. The molecule has 0 heteroatoms. The summed E-state index contributed by atoms with van der Waals surface area (Å²) in [5.41, 5.74) is 13.6. The van der Waals surface area contributed by atoms with E-state index in [1.54, 1.807) is 44.5 Å². The van der Waals surface area contributed by atoms with Crippen LogP contribution in [0.3, 0.4) is 0 Å². The molecule has 0 bridgehead atoms. The minimum Gasteiger partial charge on any atom is -0.0620 e. The molecule has 0 saturated heterocycles. The summed E-state index contributed by atoms with van der Waals surface area (Å²) in [6.45, 7) is 0. The standard InChI is InChI=1S/C18H16/c1-2-4-12-6-8-14-13(7-5-11(12)3-1)15-9-17(15)18-10-16(14)18/h1-4H,5-10H2. The zero-order valence-corrected chi connectivity index (χ0v) is 10.6. The fraction of sp³-hybridized carbons (Fsp3) is 0.333. The van der Waals surface area contributed by atoms with Crippen molar-refractivity contribution in [3.63, 3.8) is 0 Å². The molecule has 0 radical (unpaired) electrons. The van der Waals surface area contributed by atoms with Crippen LogP contribution >= 0.6 is 0 Å². The molecular weight excluding hydrogens is 216 g/mol. The summed E-state index contributed by atoms with van der Waals surface area (Å²) in [6.07, 6.45) is 7.69. The van der Waals surface area contributed by atoms with Crippen LogP contribution in [0, 0.1) is 0 Å². The van der Waals surface area contributed by atoms with Crippen molar-refractivity contribution in [2.24, 2.45) is 0 Å². The molecule has 0 nitrogen and oxygen atoms in total. The number of fused-ring (bicyclic) bond motifs is 7. The maximum absolute atomic E-state index is 2.33. The van der Waals surface area contributed by atoms with E-state index in [0.717, 1.165) is 0 Å². The highest BCUT2D eigenvalue weighted by Gasteiger charge is 2.37. The molecule has 0 unspecified atom stereocenters. The zero-order chi connectivity index (χ0) is 11.7. The molecule has 2 aromatic rings. The first-order chi connectivity index (χ1) is 8.92. The van der Waals surface area contributed by atoms with E-state index in [1.807, 2.05) is 0 Å². The Balaban J connectivity index is 1.63. The Labute approximate surface area is 108 Å². The summed E-state index contributed by atoms with van der Waals surface area (Å²) in [6, 6.07) is 9.04. The van der Waals surface area contributed by atoms with Gasteiger partial charge in [0.05, 0.1) is 0 Å². The molecule has 0 aliphatic heterocycles. The van der Waals surface area contributed by atoms with Crippen LogP contribution in [0.15, 0.2) is 24.3 Å². The smallest absolute Gasteiger partial charge is 0.00141 e. The second-order valence-corrected chi connectivity index (χ2v) is 5.99. The van der Waals surface area contributed by atoms with E-state index >= 15 is 0 Å². The van der Waals surface area contributed by atoms with Crippen molar-refractivity contribution in [1.29, 1.82) is 0 Å². The molecule has 0 fully saturated rings. The van der Waals surface area contributed by atoms with Gasteiger partial charge in [-0.15, -0.1) is 0 Å². The van der Waals surface area contributed by atoms with E-state index in [4.69, 9.17) is 0 Å². The minimum atomic E-state index is 1.24. The Bertz CT molecular complexity index is 632. The van der Waals surface area contributed by atoms with E-state index in [0.29, 0.717) is 0 Å². The zero-order valence-electron chi connectivity index (χ0n) is 10.6. The Morgan fingerprint density at radius 3 is 1.44 bits per heavy atom. The summed E-state index contributed by atoms with van der Waals surface area (Å²) >= 11 is 0. The van der Waals surface area contributed by atoms with Gasteiger partial charge in [-0.1, -0.05) is 24.3 Å². The molecule has 3 aliphatic carbocycles. The van der Waals surface area contributed by atoms with Crippen molar-refractivity contribution >= 4 is 0 Å². The summed E-state index contributed by atoms with van der Waals surface area (Å²) in [7, 11) is 0. The maximum atomic E-state index is 2.33. The predicted octanol–water partition coefficient (Wildman–Crippen LogP) is 3.38. The van der Waals surface area contributed by atoms with Gasteiger partial charge in [-0.2, -0.15) is 0 Å². The van der Waals surface area contributed by atoms with Crippen molar-refractivity contribution in [1.82, 2.24) is 0 Å². The SMILES string of the molecule is c1ccc2c(c1)CCc1c(c3c(c4c1C4)C3)CC2.